The molecule has 0 radical (unpaired) electrons. The van der Waals surface area contributed by atoms with Gasteiger partial charge in [-0.15, -0.1) is 0 Å². The molecule has 0 bridgehead atoms. The van der Waals surface area contributed by atoms with Crippen molar-refractivity contribution in [2.24, 2.45) is 0 Å². The van der Waals surface area contributed by atoms with Crippen LogP contribution in [0, 0.1) is 17.7 Å². The third kappa shape index (κ3) is 7.02. The van der Waals surface area contributed by atoms with Crippen LogP contribution in [0.15, 0.2) is 71.6 Å². The van der Waals surface area contributed by atoms with E-state index in [-0.39, 0.29) is 35.4 Å². The van der Waals surface area contributed by atoms with Crippen LogP contribution in [-0.4, -0.2) is 64.6 Å². The molecule has 4 rings (SSSR count). The number of carbonyl (C=O) groups is 2. The number of methoxy groups -OCH3 is 2. The summed E-state index contributed by atoms with van der Waals surface area (Å²) in [6, 6.07) is 11.2. The fourth-order valence-corrected chi connectivity index (χ4v) is 6.09. The number of amides is 1. The van der Waals surface area contributed by atoms with E-state index < -0.39 is 64.2 Å². The van der Waals surface area contributed by atoms with Crippen LogP contribution in [0.2, 0.25) is 0 Å². The summed E-state index contributed by atoms with van der Waals surface area (Å²) in [5.41, 5.74) is -2.10. The van der Waals surface area contributed by atoms with E-state index in [1.54, 1.807) is 6.07 Å². The van der Waals surface area contributed by atoms with Gasteiger partial charge >= 0.3 is 12.1 Å². The third-order valence-corrected chi connectivity index (χ3v) is 8.50. The molecule has 0 spiro atoms. The number of hydrogen-bond donors (Lipinski definition) is 0. The minimum Gasteiger partial charge on any atom is -0.481 e. The maximum absolute atomic E-state index is 13.9. The molecule has 1 aliphatic rings. The number of esters is 1. The lowest BCUT2D eigenvalue weighted by atomic mass is 10.0. The fraction of sp³-hybridized carbons (Fsp3) is 0.267. The Morgan fingerprint density at radius 1 is 0.977 bits per heavy atom. The molecule has 0 N–H and O–H groups in total. The van der Waals surface area contributed by atoms with Gasteiger partial charge in [0.05, 0.1) is 29.7 Å². The molecule has 3 aromatic rings. The lowest BCUT2D eigenvalue weighted by molar-refractivity contribution is -0.145. The molecule has 44 heavy (non-hydrogen) atoms. The van der Waals surface area contributed by atoms with Gasteiger partial charge in [-0.1, -0.05) is 30.0 Å². The molecule has 1 heterocycles. The topological polar surface area (TPSA) is 102 Å². The molecule has 1 unspecified atom stereocenters. The normalized spacial score (nSPS) is 15.4. The van der Waals surface area contributed by atoms with Crippen molar-refractivity contribution >= 4 is 27.6 Å². The molecule has 1 amide bonds. The van der Waals surface area contributed by atoms with Crippen LogP contribution in [0.25, 0.3) is 0 Å². The molecule has 0 aliphatic carbocycles. The van der Waals surface area contributed by atoms with Gasteiger partial charge in [-0.2, -0.15) is 17.5 Å². The Morgan fingerprint density at radius 3 is 2.32 bits per heavy atom. The molecule has 0 fully saturated rings. The van der Waals surface area contributed by atoms with Crippen molar-refractivity contribution < 1.29 is 49.8 Å². The van der Waals surface area contributed by atoms with Gasteiger partial charge in [0.15, 0.2) is 0 Å². The van der Waals surface area contributed by atoms with Crippen molar-refractivity contribution in [2.45, 2.75) is 23.7 Å². The Hall–Kier alpha value is -4.45. The number of alkyl halides is 3. The smallest absolute Gasteiger partial charge is 0.417 e. The van der Waals surface area contributed by atoms with Gasteiger partial charge in [-0.25, -0.2) is 12.8 Å². The third-order valence-electron chi connectivity index (χ3n) is 6.63. The Balaban J connectivity index is 1.74. The summed E-state index contributed by atoms with van der Waals surface area (Å²) in [6.45, 7) is -0.878. The van der Waals surface area contributed by atoms with E-state index >= 15 is 0 Å². The number of fused-ring (bicyclic) bond motifs is 1. The maximum atomic E-state index is 13.9. The van der Waals surface area contributed by atoms with Crippen molar-refractivity contribution in [3.8, 4) is 17.6 Å². The Bertz CT molecular complexity index is 1700. The largest absolute Gasteiger partial charge is 0.481 e. The highest BCUT2D eigenvalue weighted by Gasteiger charge is 2.44. The van der Waals surface area contributed by atoms with Crippen LogP contribution in [0.5, 0.6) is 5.75 Å². The number of rotatable bonds is 7. The van der Waals surface area contributed by atoms with Crippen molar-refractivity contribution in [1.29, 1.82) is 0 Å². The minimum absolute atomic E-state index is 0.0246. The van der Waals surface area contributed by atoms with Gasteiger partial charge in [-0.3, -0.25) is 9.59 Å². The number of benzene rings is 3. The quantitative estimate of drug-likeness (QED) is 0.217. The van der Waals surface area contributed by atoms with Gasteiger partial charge < -0.3 is 19.1 Å². The molecule has 9 nitrogen and oxygen atoms in total. The Kier molecular flexibility index (Phi) is 9.93. The number of halogens is 4. The van der Waals surface area contributed by atoms with Crippen LogP contribution in [0.1, 0.15) is 21.5 Å². The number of para-hydroxylation sites is 1. The first-order valence-electron chi connectivity index (χ1n) is 12.9. The zero-order chi connectivity index (χ0) is 32.1. The van der Waals surface area contributed by atoms with Crippen LogP contribution in [-0.2, 0) is 37.0 Å². The second-order valence-corrected chi connectivity index (χ2v) is 11.3. The summed E-state index contributed by atoms with van der Waals surface area (Å²) < 4.78 is 99.1. The summed E-state index contributed by atoms with van der Waals surface area (Å²) in [5.74, 6) is 2.28. The molecule has 0 aromatic heterocycles. The zero-order valence-electron chi connectivity index (χ0n) is 23.4. The standard InChI is InChI=1S/C30H26F4N2O7S/c1-41-15-5-6-16-43-22-10-12-23(13-11-22)44(39,40)36-18-20-7-3-4-8-26(20)35(19-27(36)29(38)42-2)28(37)24-14-9-21(31)17-25(24)30(32,33)34/h3-4,7-14,17,27H,15-16,18-19H2,1-2H3. The molecule has 14 heteroatoms. The van der Waals surface area contributed by atoms with E-state index in [0.717, 1.165) is 16.3 Å². The predicted molar refractivity (Wildman–Crippen MR) is 150 cm³/mol. The summed E-state index contributed by atoms with van der Waals surface area (Å²) in [4.78, 5) is 27.4. The van der Waals surface area contributed by atoms with Crippen LogP contribution >= 0.6 is 0 Å². The van der Waals surface area contributed by atoms with Crippen molar-refractivity contribution in [3.63, 3.8) is 0 Å². The average Bonchev–Trinajstić information content (AvgIpc) is 3.18. The molecule has 1 atom stereocenters. The first-order chi connectivity index (χ1) is 20.9. The van der Waals surface area contributed by atoms with E-state index in [9.17, 15) is 35.6 Å². The minimum atomic E-state index is -5.08. The van der Waals surface area contributed by atoms with E-state index in [1.165, 1.54) is 49.6 Å². The summed E-state index contributed by atoms with van der Waals surface area (Å²) >= 11 is 0. The van der Waals surface area contributed by atoms with Gasteiger partial charge in [0, 0.05) is 19.3 Å². The molecular weight excluding hydrogens is 608 g/mol. The van der Waals surface area contributed by atoms with Crippen LogP contribution in [0.4, 0.5) is 23.2 Å². The number of ether oxygens (including phenoxy) is 3. The van der Waals surface area contributed by atoms with Gasteiger partial charge in [0.2, 0.25) is 10.0 Å². The highest BCUT2D eigenvalue weighted by Crippen LogP contribution is 2.36. The van der Waals surface area contributed by atoms with Gasteiger partial charge in [0.1, 0.15) is 30.8 Å². The van der Waals surface area contributed by atoms with Gasteiger partial charge in [0.25, 0.3) is 5.91 Å². The lowest BCUT2D eigenvalue weighted by Gasteiger charge is -2.29. The number of carbonyl (C=O) groups excluding carboxylic acids is 2. The maximum Gasteiger partial charge on any atom is 0.417 e. The summed E-state index contributed by atoms with van der Waals surface area (Å²) in [5, 5.41) is 0. The first-order valence-corrected chi connectivity index (χ1v) is 14.4. The fourth-order valence-electron chi connectivity index (χ4n) is 4.54. The summed E-state index contributed by atoms with van der Waals surface area (Å²) in [6.07, 6.45) is -5.08. The predicted octanol–water partition coefficient (Wildman–Crippen LogP) is 4.27. The Morgan fingerprint density at radius 2 is 1.66 bits per heavy atom. The number of anilines is 1. The monoisotopic (exact) mass is 634 g/mol. The highest BCUT2D eigenvalue weighted by molar-refractivity contribution is 7.89. The average molecular weight is 635 g/mol. The van der Waals surface area contributed by atoms with E-state index in [4.69, 9.17) is 14.2 Å². The number of sulfonamides is 1. The molecular formula is C30H26F4N2O7S. The van der Waals surface area contributed by atoms with Gasteiger partial charge in [-0.05, 0) is 54.1 Å². The molecule has 3 aromatic carbocycles. The number of nitrogens with zero attached hydrogens (tertiary/aromatic N) is 2. The number of hydrogen-bond acceptors (Lipinski definition) is 7. The van der Waals surface area contributed by atoms with Crippen molar-refractivity contribution in [1.82, 2.24) is 4.31 Å². The van der Waals surface area contributed by atoms with E-state index in [2.05, 4.69) is 11.8 Å². The molecule has 1 aliphatic heterocycles. The van der Waals surface area contributed by atoms with E-state index in [1.807, 2.05) is 0 Å². The van der Waals surface area contributed by atoms with Crippen molar-refractivity contribution in [3.05, 3.63) is 89.2 Å². The second kappa shape index (κ2) is 13.5. The van der Waals surface area contributed by atoms with E-state index in [0.29, 0.717) is 17.9 Å². The SMILES string of the molecule is COCC#CCOc1ccc(S(=O)(=O)N2Cc3ccccc3N(C(=O)c3ccc(F)cc3C(F)(F)F)CC2C(=O)OC)cc1. The van der Waals surface area contributed by atoms with Crippen molar-refractivity contribution in [2.75, 3.05) is 38.9 Å². The zero-order valence-corrected chi connectivity index (χ0v) is 24.2. The highest BCUT2D eigenvalue weighted by atomic mass is 32.2. The Labute approximate surface area is 251 Å². The summed E-state index contributed by atoms with van der Waals surface area (Å²) in [7, 11) is -1.96. The van der Waals surface area contributed by atoms with Crippen LogP contribution < -0.4 is 9.64 Å². The molecule has 0 saturated carbocycles. The molecule has 0 saturated heterocycles. The lowest BCUT2D eigenvalue weighted by Crippen LogP contribution is -2.50. The first kappa shape index (κ1) is 32.5. The molecule has 232 valence electrons. The second-order valence-electron chi connectivity index (χ2n) is 9.37. The van der Waals surface area contributed by atoms with Crippen LogP contribution in [0.3, 0.4) is 0 Å².